The minimum Gasteiger partial charge on any atom is -0.317 e. The normalized spacial score (nSPS) is 14.2. The topological polar surface area (TPSA) is 42.7 Å². The van der Waals surface area contributed by atoms with Crippen LogP contribution in [0.4, 0.5) is 0 Å². The quantitative estimate of drug-likeness (QED) is 0.798. The Morgan fingerprint density at radius 1 is 1.53 bits per heavy atom. The Balaban J connectivity index is 2.60. The second-order valence-corrected chi connectivity index (χ2v) is 5.03. The first kappa shape index (κ1) is 12.2. The smallest absolute Gasteiger partial charge is 0.138 e. The lowest BCUT2D eigenvalue weighted by molar-refractivity contribution is 0.284. The number of nitrogens with zero attached hydrogens (tertiary/aromatic N) is 3. The third-order valence-electron chi connectivity index (χ3n) is 2.79. The van der Waals surface area contributed by atoms with Crippen molar-refractivity contribution in [1.29, 1.82) is 0 Å². The molecule has 0 saturated carbocycles. The molecule has 1 aromatic heterocycles. The van der Waals surface area contributed by atoms with Crippen LogP contribution in [0.25, 0.3) is 0 Å². The van der Waals surface area contributed by atoms with E-state index in [4.69, 9.17) is 0 Å². The van der Waals surface area contributed by atoms with Crippen LogP contribution >= 0.6 is 0 Å². The summed E-state index contributed by atoms with van der Waals surface area (Å²) in [5.74, 6) is 1.06. The molecule has 0 aliphatic heterocycles. The number of rotatable bonds is 5. The maximum Gasteiger partial charge on any atom is 0.138 e. The summed E-state index contributed by atoms with van der Waals surface area (Å²) in [6.45, 7) is 6.75. The van der Waals surface area contributed by atoms with Crippen LogP contribution in [-0.2, 0) is 13.5 Å². The first-order chi connectivity index (χ1) is 6.94. The van der Waals surface area contributed by atoms with Gasteiger partial charge in [0.05, 0.1) is 0 Å². The first-order valence-corrected chi connectivity index (χ1v) is 5.45. The Kier molecular flexibility index (Phi) is 3.85. The summed E-state index contributed by atoms with van der Waals surface area (Å²) in [4.78, 5) is 4.27. The molecule has 1 heterocycles. The molecule has 86 valence electrons. The zero-order chi connectivity index (χ0) is 11.5. The molecule has 1 N–H and O–H groups in total. The van der Waals surface area contributed by atoms with Crippen LogP contribution in [0.15, 0.2) is 6.33 Å². The van der Waals surface area contributed by atoms with Gasteiger partial charge in [-0.25, -0.2) is 4.98 Å². The standard InChI is InChI=1S/C11H22N4/c1-9(12-4)6-11(2,3)7-10-13-8-14-15(10)5/h8-9,12H,6-7H2,1-5H3. The van der Waals surface area contributed by atoms with Crippen LogP contribution in [-0.4, -0.2) is 27.9 Å². The predicted molar refractivity (Wildman–Crippen MR) is 61.6 cm³/mol. The van der Waals surface area contributed by atoms with Gasteiger partial charge in [0.15, 0.2) is 0 Å². The van der Waals surface area contributed by atoms with E-state index in [1.165, 1.54) is 0 Å². The van der Waals surface area contributed by atoms with E-state index in [0.29, 0.717) is 6.04 Å². The molecule has 0 bridgehead atoms. The van der Waals surface area contributed by atoms with E-state index in [1.807, 2.05) is 18.8 Å². The fourth-order valence-corrected chi connectivity index (χ4v) is 1.91. The third-order valence-corrected chi connectivity index (χ3v) is 2.79. The van der Waals surface area contributed by atoms with Gasteiger partial charge in [0.1, 0.15) is 12.2 Å². The molecule has 15 heavy (non-hydrogen) atoms. The maximum atomic E-state index is 4.27. The lowest BCUT2D eigenvalue weighted by Gasteiger charge is -2.27. The highest BCUT2D eigenvalue weighted by Gasteiger charge is 2.23. The third kappa shape index (κ3) is 3.63. The van der Waals surface area contributed by atoms with Crippen LogP contribution < -0.4 is 5.32 Å². The maximum absolute atomic E-state index is 4.27. The fourth-order valence-electron chi connectivity index (χ4n) is 1.91. The van der Waals surface area contributed by atoms with E-state index < -0.39 is 0 Å². The zero-order valence-electron chi connectivity index (χ0n) is 10.4. The highest BCUT2D eigenvalue weighted by Crippen LogP contribution is 2.26. The van der Waals surface area contributed by atoms with E-state index in [1.54, 1.807) is 6.33 Å². The van der Waals surface area contributed by atoms with Crippen LogP contribution in [0.2, 0.25) is 0 Å². The molecule has 1 unspecified atom stereocenters. The van der Waals surface area contributed by atoms with Crippen molar-refractivity contribution < 1.29 is 0 Å². The fraction of sp³-hybridized carbons (Fsp3) is 0.818. The van der Waals surface area contributed by atoms with Crippen LogP contribution in [0.3, 0.4) is 0 Å². The predicted octanol–water partition coefficient (Wildman–Crippen LogP) is 1.38. The minimum atomic E-state index is 0.253. The molecule has 0 aromatic carbocycles. The Labute approximate surface area is 92.1 Å². The van der Waals surface area contributed by atoms with Gasteiger partial charge in [-0.2, -0.15) is 5.10 Å². The molecule has 0 amide bonds. The average Bonchev–Trinajstić information content (AvgIpc) is 2.50. The highest BCUT2D eigenvalue weighted by atomic mass is 15.3. The number of aromatic nitrogens is 3. The molecular formula is C11H22N4. The first-order valence-electron chi connectivity index (χ1n) is 5.45. The van der Waals surface area contributed by atoms with Crippen molar-refractivity contribution in [3.8, 4) is 0 Å². The summed E-state index contributed by atoms with van der Waals surface area (Å²) < 4.78 is 1.85. The van der Waals surface area contributed by atoms with E-state index in [-0.39, 0.29) is 5.41 Å². The molecule has 1 aromatic rings. The Bertz CT molecular complexity index is 303. The summed E-state index contributed by atoms with van der Waals surface area (Å²) in [6.07, 6.45) is 3.72. The molecule has 4 heteroatoms. The Hall–Kier alpha value is -0.900. The van der Waals surface area contributed by atoms with Crippen LogP contribution in [0.5, 0.6) is 0 Å². The lowest BCUT2D eigenvalue weighted by atomic mass is 9.82. The Morgan fingerprint density at radius 3 is 2.67 bits per heavy atom. The minimum absolute atomic E-state index is 0.253. The molecular weight excluding hydrogens is 188 g/mol. The number of hydrogen-bond acceptors (Lipinski definition) is 3. The summed E-state index contributed by atoms with van der Waals surface area (Å²) >= 11 is 0. The van der Waals surface area contributed by atoms with Gasteiger partial charge in [-0.05, 0) is 25.8 Å². The van der Waals surface area contributed by atoms with Gasteiger partial charge in [-0.1, -0.05) is 13.8 Å². The van der Waals surface area contributed by atoms with Crippen molar-refractivity contribution in [2.75, 3.05) is 7.05 Å². The van der Waals surface area contributed by atoms with Crippen molar-refractivity contribution in [1.82, 2.24) is 20.1 Å². The summed E-state index contributed by atoms with van der Waals surface area (Å²) in [5.41, 5.74) is 0.253. The Morgan fingerprint density at radius 2 is 2.20 bits per heavy atom. The van der Waals surface area contributed by atoms with Gasteiger partial charge in [-0.15, -0.1) is 0 Å². The molecule has 0 spiro atoms. The molecule has 4 nitrogen and oxygen atoms in total. The van der Waals surface area contributed by atoms with E-state index in [9.17, 15) is 0 Å². The molecule has 0 aliphatic carbocycles. The van der Waals surface area contributed by atoms with Crippen molar-refractivity contribution in [3.63, 3.8) is 0 Å². The monoisotopic (exact) mass is 210 g/mol. The van der Waals surface area contributed by atoms with Gasteiger partial charge in [-0.3, -0.25) is 4.68 Å². The molecule has 0 radical (unpaired) electrons. The number of aryl methyl sites for hydroxylation is 1. The number of nitrogens with one attached hydrogen (secondary N) is 1. The summed E-state index contributed by atoms with van der Waals surface area (Å²) in [5, 5.41) is 7.36. The van der Waals surface area contributed by atoms with E-state index in [0.717, 1.165) is 18.7 Å². The van der Waals surface area contributed by atoms with Crippen LogP contribution in [0.1, 0.15) is 33.0 Å². The second-order valence-electron chi connectivity index (χ2n) is 5.03. The van der Waals surface area contributed by atoms with Crippen molar-refractivity contribution in [2.24, 2.45) is 12.5 Å². The summed E-state index contributed by atoms with van der Waals surface area (Å²) in [7, 11) is 3.95. The molecule has 0 saturated heterocycles. The summed E-state index contributed by atoms with van der Waals surface area (Å²) in [6, 6.07) is 0.535. The second kappa shape index (κ2) is 4.75. The number of hydrogen-bond donors (Lipinski definition) is 1. The SMILES string of the molecule is CNC(C)CC(C)(C)Cc1ncnn1C. The van der Waals surface area contributed by atoms with E-state index >= 15 is 0 Å². The van der Waals surface area contributed by atoms with E-state index in [2.05, 4.69) is 36.2 Å². The van der Waals surface area contributed by atoms with Gasteiger partial charge < -0.3 is 5.32 Å². The zero-order valence-corrected chi connectivity index (χ0v) is 10.4. The van der Waals surface area contributed by atoms with Crippen LogP contribution in [0, 0.1) is 5.41 Å². The molecule has 0 aliphatic rings. The van der Waals surface area contributed by atoms with Gasteiger partial charge in [0.2, 0.25) is 0 Å². The van der Waals surface area contributed by atoms with Gasteiger partial charge >= 0.3 is 0 Å². The van der Waals surface area contributed by atoms with Crippen molar-refractivity contribution in [2.45, 2.75) is 39.7 Å². The molecule has 0 fully saturated rings. The largest absolute Gasteiger partial charge is 0.317 e. The van der Waals surface area contributed by atoms with Crippen molar-refractivity contribution >= 4 is 0 Å². The van der Waals surface area contributed by atoms with Gasteiger partial charge in [0.25, 0.3) is 0 Å². The molecule has 1 atom stereocenters. The van der Waals surface area contributed by atoms with Gasteiger partial charge in [0, 0.05) is 19.5 Å². The lowest BCUT2D eigenvalue weighted by Crippen LogP contribution is -2.30. The van der Waals surface area contributed by atoms with Crippen molar-refractivity contribution in [3.05, 3.63) is 12.2 Å². The highest BCUT2D eigenvalue weighted by molar-refractivity contribution is 4.91. The average molecular weight is 210 g/mol. The molecule has 1 rings (SSSR count).